The molecule has 2 unspecified atom stereocenters. The predicted octanol–water partition coefficient (Wildman–Crippen LogP) is 1.44. The average molecular weight is 267 g/mol. The molecule has 0 amide bonds. The fraction of sp³-hybridized carbons (Fsp3) is 1.00. The Morgan fingerprint density at radius 2 is 1.76 bits per heavy atom. The van der Waals surface area contributed by atoms with E-state index in [0.717, 1.165) is 6.42 Å². The minimum atomic E-state index is -3.24. The molecule has 0 saturated heterocycles. The lowest BCUT2D eigenvalue weighted by atomic mass is 10.3. The normalized spacial score (nSPS) is 16.5. The molecule has 0 aliphatic carbocycles. The molecule has 0 radical (unpaired) electrons. The maximum Gasteiger partial charge on any atom is 0.211 e. The summed E-state index contributed by atoms with van der Waals surface area (Å²) >= 11 is 0. The molecule has 6 heteroatoms. The monoisotopic (exact) mass is 267 g/mol. The number of sulfonamides is 1. The van der Waals surface area contributed by atoms with E-state index >= 15 is 0 Å². The minimum absolute atomic E-state index is 0.0496. The van der Waals surface area contributed by atoms with Gasteiger partial charge in [-0.25, -0.2) is 8.42 Å². The van der Waals surface area contributed by atoms with Crippen molar-refractivity contribution in [2.45, 2.75) is 52.6 Å². The highest BCUT2D eigenvalue weighted by molar-refractivity contribution is 7.88. The van der Waals surface area contributed by atoms with E-state index in [2.05, 4.69) is 0 Å². The van der Waals surface area contributed by atoms with Gasteiger partial charge in [0.1, 0.15) is 0 Å². The summed E-state index contributed by atoms with van der Waals surface area (Å²) in [4.78, 5) is 0. The molecule has 0 aliphatic heterocycles. The molecule has 0 aromatic rings. The van der Waals surface area contributed by atoms with Crippen LogP contribution in [0.2, 0.25) is 0 Å². The highest BCUT2D eigenvalue weighted by Gasteiger charge is 2.25. The van der Waals surface area contributed by atoms with Gasteiger partial charge in [0.2, 0.25) is 10.0 Å². The van der Waals surface area contributed by atoms with Crippen molar-refractivity contribution < 1.29 is 17.9 Å². The van der Waals surface area contributed by atoms with Gasteiger partial charge in [0.05, 0.1) is 18.9 Å². The van der Waals surface area contributed by atoms with E-state index < -0.39 is 16.3 Å². The van der Waals surface area contributed by atoms with Gasteiger partial charge in [0, 0.05) is 13.2 Å². The summed E-state index contributed by atoms with van der Waals surface area (Å²) in [5.41, 5.74) is 0. The molecule has 0 aliphatic rings. The van der Waals surface area contributed by atoms with Crippen molar-refractivity contribution in [1.29, 1.82) is 0 Å². The second-order valence-corrected chi connectivity index (χ2v) is 6.38. The molecule has 0 saturated carbocycles. The van der Waals surface area contributed by atoms with Crippen molar-refractivity contribution in [3.8, 4) is 0 Å². The summed E-state index contributed by atoms with van der Waals surface area (Å²) in [6, 6.07) is -0.108. The van der Waals surface area contributed by atoms with Crippen LogP contribution in [0.1, 0.15) is 34.1 Å². The van der Waals surface area contributed by atoms with Gasteiger partial charge >= 0.3 is 0 Å². The zero-order valence-corrected chi connectivity index (χ0v) is 12.5. The van der Waals surface area contributed by atoms with Crippen LogP contribution in [-0.2, 0) is 19.5 Å². The molecule has 0 bridgehead atoms. The summed E-state index contributed by atoms with van der Waals surface area (Å²) in [5, 5.41) is 0. The van der Waals surface area contributed by atoms with E-state index in [1.165, 1.54) is 17.7 Å². The first kappa shape index (κ1) is 16.8. The summed E-state index contributed by atoms with van der Waals surface area (Å²) < 4.78 is 35.3. The van der Waals surface area contributed by atoms with Crippen LogP contribution >= 0.6 is 0 Å². The van der Waals surface area contributed by atoms with Gasteiger partial charge < -0.3 is 9.47 Å². The molecule has 0 rings (SSSR count). The second kappa shape index (κ2) is 7.31. The zero-order chi connectivity index (χ0) is 13.6. The van der Waals surface area contributed by atoms with Crippen LogP contribution in [-0.4, -0.2) is 51.1 Å². The minimum Gasteiger partial charge on any atom is -0.354 e. The van der Waals surface area contributed by atoms with E-state index in [9.17, 15) is 8.42 Å². The summed E-state index contributed by atoms with van der Waals surface area (Å²) in [5.74, 6) is 0. The lowest BCUT2D eigenvalue weighted by Gasteiger charge is -2.29. The Morgan fingerprint density at radius 3 is 2.06 bits per heavy atom. The fourth-order valence-corrected chi connectivity index (χ4v) is 2.56. The van der Waals surface area contributed by atoms with Crippen molar-refractivity contribution in [1.82, 2.24) is 4.31 Å². The molecule has 2 atom stereocenters. The van der Waals surface area contributed by atoms with Crippen LogP contribution in [0.25, 0.3) is 0 Å². The van der Waals surface area contributed by atoms with Crippen LogP contribution in [0.5, 0.6) is 0 Å². The van der Waals surface area contributed by atoms with Gasteiger partial charge in [-0.1, -0.05) is 6.92 Å². The number of hydrogen-bond donors (Lipinski definition) is 0. The number of nitrogens with zero attached hydrogens (tertiary/aromatic N) is 1. The van der Waals surface area contributed by atoms with E-state index in [1.54, 1.807) is 0 Å². The van der Waals surface area contributed by atoms with Gasteiger partial charge in [-0.05, 0) is 27.2 Å². The molecule has 0 fully saturated rings. The quantitative estimate of drug-likeness (QED) is 0.625. The molecule has 0 spiro atoms. The third-order valence-electron chi connectivity index (χ3n) is 2.55. The zero-order valence-electron chi connectivity index (χ0n) is 11.6. The first-order chi connectivity index (χ1) is 7.72. The fourth-order valence-electron chi connectivity index (χ4n) is 1.40. The molecule has 0 heterocycles. The van der Waals surface area contributed by atoms with Crippen molar-refractivity contribution >= 4 is 10.0 Å². The Hall–Kier alpha value is -0.170. The molecule has 0 N–H and O–H groups in total. The van der Waals surface area contributed by atoms with Gasteiger partial charge in [-0.2, -0.15) is 4.31 Å². The molecule has 0 aromatic carbocycles. The van der Waals surface area contributed by atoms with Crippen molar-refractivity contribution in [2.75, 3.05) is 19.9 Å². The van der Waals surface area contributed by atoms with Crippen LogP contribution in [0.4, 0.5) is 0 Å². The lowest BCUT2D eigenvalue weighted by Crippen LogP contribution is -2.43. The molecule has 104 valence electrons. The third-order valence-corrected chi connectivity index (χ3v) is 3.98. The number of rotatable bonds is 8. The predicted molar refractivity (Wildman–Crippen MR) is 68.3 cm³/mol. The van der Waals surface area contributed by atoms with Crippen molar-refractivity contribution in [2.24, 2.45) is 0 Å². The van der Waals surface area contributed by atoms with Crippen LogP contribution in [0, 0.1) is 0 Å². The Kier molecular flexibility index (Phi) is 7.23. The van der Waals surface area contributed by atoms with Crippen molar-refractivity contribution in [3.63, 3.8) is 0 Å². The van der Waals surface area contributed by atoms with E-state index in [1.807, 2.05) is 27.7 Å². The largest absolute Gasteiger partial charge is 0.354 e. The van der Waals surface area contributed by atoms with Gasteiger partial charge in [-0.15, -0.1) is 0 Å². The number of ether oxygens (including phenoxy) is 2. The van der Waals surface area contributed by atoms with E-state index in [0.29, 0.717) is 0 Å². The second-order valence-electron chi connectivity index (χ2n) is 4.45. The SMILES string of the molecule is CCC(C)OC(CN(C(C)C)S(C)(=O)=O)OC. The topological polar surface area (TPSA) is 55.8 Å². The molecule has 5 nitrogen and oxygen atoms in total. The van der Waals surface area contributed by atoms with Crippen LogP contribution in [0.15, 0.2) is 0 Å². The highest BCUT2D eigenvalue weighted by atomic mass is 32.2. The Balaban J connectivity index is 4.62. The van der Waals surface area contributed by atoms with Gasteiger partial charge in [0.15, 0.2) is 6.29 Å². The smallest absolute Gasteiger partial charge is 0.211 e. The highest BCUT2D eigenvalue weighted by Crippen LogP contribution is 2.10. The third kappa shape index (κ3) is 6.35. The Labute approximate surface area is 105 Å². The Bertz CT molecular complexity index is 303. The van der Waals surface area contributed by atoms with Crippen molar-refractivity contribution in [3.05, 3.63) is 0 Å². The van der Waals surface area contributed by atoms with Crippen LogP contribution < -0.4 is 0 Å². The summed E-state index contributed by atoms with van der Waals surface area (Å²) in [6.07, 6.45) is 1.58. The molecular weight excluding hydrogens is 242 g/mol. The number of methoxy groups -OCH3 is 1. The standard InChI is InChI=1S/C11H25NO4S/c1-7-10(4)16-11(15-5)8-12(9(2)3)17(6,13)14/h9-11H,7-8H2,1-6H3. The summed E-state index contributed by atoms with van der Waals surface area (Å²) in [7, 11) is -1.72. The maximum atomic E-state index is 11.6. The molecular formula is C11H25NO4S. The first-order valence-corrected chi connectivity index (χ1v) is 7.72. The average Bonchev–Trinajstić information content (AvgIpc) is 2.21. The first-order valence-electron chi connectivity index (χ1n) is 5.87. The maximum absolute atomic E-state index is 11.6. The Morgan fingerprint density at radius 1 is 1.24 bits per heavy atom. The summed E-state index contributed by atoms with van der Waals surface area (Å²) in [6.45, 7) is 7.83. The lowest BCUT2D eigenvalue weighted by molar-refractivity contribution is -0.156. The van der Waals surface area contributed by atoms with E-state index in [-0.39, 0.29) is 18.7 Å². The molecule has 17 heavy (non-hydrogen) atoms. The molecule has 0 aromatic heterocycles. The van der Waals surface area contributed by atoms with Gasteiger partial charge in [-0.3, -0.25) is 0 Å². The van der Waals surface area contributed by atoms with Crippen LogP contribution in [0.3, 0.4) is 0 Å². The number of hydrogen-bond acceptors (Lipinski definition) is 4. The van der Waals surface area contributed by atoms with Gasteiger partial charge in [0.25, 0.3) is 0 Å². The van der Waals surface area contributed by atoms with E-state index in [4.69, 9.17) is 9.47 Å².